The van der Waals surface area contributed by atoms with Crippen LogP contribution in [0.1, 0.15) is 12.5 Å². The van der Waals surface area contributed by atoms with Gasteiger partial charge in [0, 0.05) is 15.5 Å². The molecule has 2 nitrogen and oxygen atoms in total. The maximum atomic E-state index is 11.6. The lowest BCUT2D eigenvalue weighted by Gasteiger charge is -2.16. The van der Waals surface area contributed by atoms with Gasteiger partial charge in [-0.25, -0.2) is 0 Å². The van der Waals surface area contributed by atoms with Gasteiger partial charge < -0.3 is 4.90 Å². The monoisotopic (exact) mass is 317 g/mol. The number of hydrogen-bond acceptors (Lipinski definition) is 1. The van der Waals surface area contributed by atoms with Crippen LogP contribution in [0.2, 0.25) is 0 Å². The van der Waals surface area contributed by atoms with E-state index in [1.165, 1.54) is 0 Å². The van der Waals surface area contributed by atoms with Gasteiger partial charge in [0.25, 0.3) is 0 Å². The first-order valence-electron chi connectivity index (χ1n) is 4.41. The minimum Gasteiger partial charge on any atom is -0.311 e. The number of amides is 1. The van der Waals surface area contributed by atoms with Crippen molar-refractivity contribution in [3.8, 4) is 0 Å². The first-order valence-corrected chi connectivity index (χ1v) is 6.00. The Kier molecular flexibility index (Phi) is 2.66. The van der Waals surface area contributed by atoms with Gasteiger partial charge in [0.05, 0.1) is 12.1 Å². The zero-order valence-corrected chi connectivity index (χ0v) is 10.9. The number of fused-ring (bicyclic) bond motifs is 1. The van der Waals surface area contributed by atoms with E-state index in [2.05, 4.69) is 31.9 Å². The SMILES string of the molecule is CCN1C(=O)Cc2cc(Br)cc(Br)c21. The number of hydrogen-bond donors (Lipinski definition) is 0. The van der Waals surface area contributed by atoms with Crippen LogP contribution >= 0.6 is 31.9 Å². The molecule has 4 heteroatoms. The summed E-state index contributed by atoms with van der Waals surface area (Å²) in [4.78, 5) is 13.4. The summed E-state index contributed by atoms with van der Waals surface area (Å²) in [5.41, 5.74) is 2.12. The fraction of sp³-hybridized carbons (Fsp3) is 0.300. The smallest absolute Gasteiger partial charge is 0.231 e. The van der Waals surface area contributed by atoms with Gasteiger partial charge in [0.2, 0.25) is 5.91 Å². The zero-order chi connectivity index (χ0) is 10.3. The van der Waals surface area contributed by atoms with Crippen molar-refractivity contribution < 1.29 is 4.79 Å². The molecule has 1 aromatic rings. The summed E-state index contributed by atoms with van der Waals surface area (Å²) < 4.78 is 1.99. The number of rotatable bonds is 1. The van der Waals surface area contributed by atoms with E-state index in [0.29, 0.717) is 6.42 Å². The minimum atomic E-state index is 0.182. The van der Waals surface area contributed by atoms with Gasteiger partial charge in [0.15, 0.2) is 0 Å². The molecule has 0 fully saturated rings. The van der Waals surface area contributed by atoms with E-state index in [1.807, 2.05) is 24.0 Å². The molecule has 2 rings (SSSR count). The molecular formula is C10H9Br2NO. The highest BCUT2D eigenvalue weighted by Crippen LogP contribution is 2.38. The van der Waals surface area contributed by atoms with Crippen molar-refractivity contribution in [3.63, 3.8) is 0 Å². The van der Waals surface area contributed by atoms with Gasteiger partial charge in [-0.2, -0.15) is 0 Å². The molecule has 1 aliphatic rings. The summed E-state index contributed by atoms with van der Waals surface area (Å²) in [7, 11) is 0. The molecule has 74 valence electrons. The van der Waals surface area contributed by atoms with Crippen molar-refractivity contribution in [1.82, 2.24) is 0 Å². The highest BCUT2D eigenvalue weighted by atomic mass is 79.9. The lowest BCUT2D eigenvalue weighted by Crippen LogP contribution is -2.26. The Hall–Kier alpha value is -0.350. The van der Waals surface area contributed by atoms with E-state index in [-0.39, 0.29) is 5.91 Å². The van der Waals surface area contributed by atoms with Gasteiger partial charge in [-0.3, -0.25) is 4.79 Å². The molecule has 1 amide bonds. The average molecular weight is 319 g/mol. The van der Waals surface area contributed by atoms with E-state index in [4.69, 9.17) is 0 Å². The Morgan fingerprint density at radius 3 is 2.79 bits per heavy atom. The van der Waals surface area contributed by atoms with Crippen LogP contribution in [0.3, 0.4) is 0 Å². The molecule has 0 atom stereocenters. The van der Waals surface area contributed by atoms with Crippen molar-refractivity contribution >= 4 is 43.5 Å². The number of nitrogens with zero attached hydrogens (tertiary/aromatic N) is 1. The molecule has 0 N–H and O–H groups in total. The van der Waals surface area contributed by atoms with Gasteiger partial charge in [-0.1, -0.05) is 15.9 Å². The number of carbonyl (C=O) groups is 1. The van der Waals surface area contributed by atoms with E-state index in [0.717, 1.165) is 26.7 Å². The third-order valence-electron chi connectivity index (χ3n) is 2.34. The lowest BCUT2D eigenvalue weighted by atomic mass is 10.2. The molecule has 14 heavy (non-hydrogen) atoms. The van der Waals surface area contributed by atoms with Crippen molar-refractivity contribution in [2.24, 2.45) is 0 Å². The topological polar surface area (TPSA) is 20.3 Å². The Labute approximate surface area is 99.5 Å². The van der Waals surface area contributed by atoms with Crippen LogP contribution in [0.4, 0.5) is 5.69 Å². The summed E-state index contributed by atoms with van der Waals surface area (Å²) in [6.07, 6.45) is 0.515. The highest BCUT2D eigenvalue weighted by molar-refractivity contribution is 9.11. The molecule has 0 saturated heterocycles. The number of halogens is 2. The summed E-state index contributed by atoms with van der Waals surface area (Å²) in [6, 6.07) is 3.98. The highest BCUT2D eigenvalue weighted by Gasteiger charge is 2.28. The molecule has 0 spiro atoms. The van der Waals surface area contributed by atoms with Crippen molar-refractivity contribution in [3.05, 3.63) is 26.6 Å². The van der Waals surface area contributed by atoms with Crippen LogP contribution in [-0.2, 0) is 11.2 Å². The van der Waals surface area contributed by atoms with Crippen LogP contribution in [0.25, 0.3) is 0 Å². The van der Waals surface area contributed by atoms with Crippen LogP contribution < -0.4 is 4.90 Å². The van der Waals surface area contributed by atoms with Crippen molar-refractivity contribution in [2.75, 3.05) is 11.4 Å². The largest absolute Gasteiger partial charge is 0.311 e. The Bertz CT molecular complexity index is 403. The first-order chi connectivity index (χ1) is 6.63. The van der Waals surface area contributed by atoms with Gasteiger partial charge in [-0.15, -0.1) is 0 Å². The molecule has 1 aromatic carbocycles. The van der Waals surface area contributed by atoms with Crippen LogP contribution in [-0.4, -0.2) is 12.5 Å². The maximum absolute atomic E-state index is 11.6. The third kappa shape index (κ3) is 1.50. The predicted octanol–water partition coefficient (Wildman–Crippen LogP) is 3.12. The third-order valence-corrected chi connectivity index (χ3v) is 3.40. The summed E-state index contributed by atoms with van der Waals surface area (Å²) in [5.74, 6) is 0.182. The Balaban J connectivity index is 2.58. The zero-order valence-electron chi connectivity index (χ0n) is 7.68. The Morgan fingerprint density at radius 1 is 1.43 bits per heavy atom. The lowest BCUT2D eigenvalue weighted by molar-refractivity contribution is -0.117. The average Bonchev–Trinajstić information content (AvgIpc) is 2.40. The molecule has 0 unspecified atom stereocenters. The van der Waals surface area contributed by atoms with E-state index < -0.39 is 0 Å². The number of benzene rings is 1. The normalized spacial score (nSPS) is 14.8. The molecule has 0 bridgehead atoms. The fourth-order valence-corrected chi connectivity index (χ4v) is 3.30. The van der Waals surface area contributed by atoms with Gasteiger partial charge in [0.1, 0.15) is 0 Å². The van der Waals surface area contributed by atoms with Gasteiger partial charge in [-0.05, 0) is 40.5 Å². The van der Waals surface area contributed by atoms with Crippen molar-refractivity contribution in [1.29, 1.82) is 0 Å². The molecule has 0 aromatic heterocycles. The maximum Gasteiger partial charge on any atom is 0.231 e. The number of carbonyl (C=O) groups excluding carboxylic acids is 1. The van der Waals surface area contributed by atoms with E-state index in [1.54, 1.807) is 0 Å². The quantitative estimate of drug-likeness (QED) is 0.779. The number of anilines is 1. The summed E-state index contributed by atoms with van der Waals surface area (Å²) >= 11 is 6.90. The van der Waals surface area contributed by atoms with E-state index in [9.17, 15) is 4.79 Å². The fourth-order valence-electron chi connectivity index (χ4n) is 1.77. The molecule has 0 radical (unpaired) electrons. The molecule has 1 heterocycles. The molecule has 1 aliphatic heterocycles. The summed E-state index contributed by atoms with van der Waals surface area (Å²) in [6.45, 7) is 2.72. The predicted molar refractivity (Wildman–Crippen MR) is 63.6 cm³/mol. The Morgan fingerprint density at radius 2 is 2.14 bits per heavy atom. The standard InChI is InChI=1S/C10H9Br2NO/c1-2-13-9(14)4-6-3-7(11)5-8(12)10(6)13/h3,5H,2,4H2,1H3. The van der Waals surface area contributed by atoms with Crippen molar-refractivity contribution in [2.45, 2.75) is 13.3 Å². The van der Waals surface area contributed by atoms with Crippen LogP contribution in [0.5, 0.6) is 0 Å². The van der Waals surface area contributed by atoms with Crippen LogP contribution in [0.15, 0.2) is 21.1 Å². The summed E-state index contributed by atoms with van der Waals surface area (Å²) in [5, 5.41) is 0. The second-order valence-electron chi connectivity index (χ2n) is 3.21. The second kappa shape index (κ2) is 3.66. The van der Waals surface area contributed by atoms with Crippen LogP contribution in [0, 0.1) is 0 Å². The minimum absolute atomic E-state index is 0.182. The van der Waals surface area contributed by atoms with E-state index >= 15 is 0 Å². The molecule has 0 saturated carbocycles. The number of likely N-dealkylation sites (N-methyl/N-ethyl adjacent to an activating group) is 1. The second-order valence-corrected chi connectivity index (χ2v) is 4.98. The van der Waals surface area contributed by atoms with Gasteiger partial charge >= 0.3 is 0 Å². The molecule has 0 aliphatic carbocycles. The molecular weight excluding hydrogens is 310 g/mol. The first kappa shape index (κ1) is 10.2.